The highest BCUT2D eigenvalue weighted by Gasteiger charge is 2.14. The van der Waals surface area contributed by atoms with Gasteiger partial charge in [0.05, 0.1) is 18.0 Å². The highest BCUT2D eigenvalue weighted by atomic mass is 32.2. The van der Waals surface area contributed by atoms with Crippen LogP contribution < -0.4 is 14.6 Å². The van der Waals surface area contributed by atoms with Gasteiger partial charge >= 0.3 is 0 Å². The van der Waals surface area contributed by atoms with Crippen molar-refractivity contribution in [3.63, 3.8) is 0 Å². The molecule has 110 valence electrons. The third-order valence-corrected chi connectivity index (χ3v) is 4.14. The summed E-state index contributed by atoms with van der Waals surface area (Å²) in [6.07, 6.45) is 0. The zero-order chi connectivity index (χ0) is 15.5. The number of methoxy groups -OCH3 is 1. The molecule has 0 atom stereocenters. The van der Waals surface area contributed by atoms with Gasteiger partial charge in [0.15, 0.2) is 0 Å². The largest absolute Gasteiger partial charge is 0.545 e. The van der Waals surface area contributed by atoms with Crippen LogP contribution in [-0.2, 0) is 10.0 Å². The van der Waals surface area contributed by atoms with E-state index < -0.39 is 16.0 Å². The summed E-state index contributed by atoms with van der Waals surface area (Å²) in [5.41, 5.74) is 0.234. The topological polar surface area (TPSA) is 95.5 Å². The van der Waals surface area contributed by atoms with Gasteiger partial charge < -0.3 is 14.6 Å². The van der Waals surface area contributed by atoms with Crippen LogP contribution >= 0.6 is 0 Å². The second-order valence-electron chi connectivity index (χ2n) is 4.15. The first-order valence-electron chi connectivity index (χ1n) is 5.90. The maximum atomic E-state index is 12.1. The van der Waals surface area contributed by atoms with E-state index in [2.05, 4.69) is 4.72 Å². The van der Waals surface area contributed by atoms with Crippen molar-refractivity contribution in [1.29, 1.82) is 0 Å². The van der Waals surface area contributed by atoms with Gasteiger partial charge in [-0.15, -0.1) is 0 Å². The molecular weight excluding hydrogens is 294 g/mol. The molecule has 0 heterocycles. The molecule has 1 N–H and O–H groups in total. The lowest BCUT2D eigenvalue weighted by Gasteiger charge is -2.09. The Morgan fingerprint density at radius 3 is 2.10 bits per heavy atom. The van der Waals surface area contributed by atoms with Gasteiger partial charge in [-0.3, -0.25) is 4.72 Å². The number of hydrogen-bond acceptors (Lipinski definition) is 5. The molecule has 0 aromatic heterocycles. The normalized spacial score (nSPS) is 10.9. The van der Waals surface area contributed by atoms with E-state index in [9.17, 15) is 18.3 Å². The number of carboxylic acid groups (broad SMARTS) is 1. The number of sulfonamides is 1. The van der Waals surface area contributed by atoms with E-state index in [1.165, 1.54) is 55.6 Å². The highest BCUT2D eigenvalue weighted by Crippen LogP contribution is 2.19. The minimum absolute atomic E-state index is 0.0256. The van der Waals surface area contributed by atoms with E-state index in [4.69, 9.17) is 4.74 Å². The molecule has 2 aromatic carbocycles. The van der Waals surface area contributed by atoms with Crippen LogP contribution in [0.5, 0.6) is 5.75 Å². The molecule has 0 fully saturated rings. The summed E-state index contributed by atoms with van der Waals surface area (Å²) in [6.45, 7) is 0. The standard InChI is InChI=1S/C14H13NO5S/c1-20-12-6-8-13(9-7-12)21(18,19)15-11-4-2-10(3-5-11)14(16)17/h2-9,15H,1H3,(H,16,17)/p-1. The average molecular weight is 306 g/mol. The predicted molar refractivity (Wildman–Crippen MR) is 74.6 cm³/mol. The van der Waals surface area contributed by atoms with Crippen molar-refractivity contribution in [2.24, 2.45) is 0 Å². The zero-order valence-electron chi connectivity index (χ0n) is 11.1. The van der Waals surface area contributed by atoms with Gasteiger partial charge in [0.25, 0.3) is 10.0 Å². The Morgan fingerprint density at radius 2 is 1.62 bits per heavy atom. The van der Waals surface area contributed by atoms with Gasteiger partial charge in [0.2, 0.25) is 0 Å². The molecule has 0 aliphatic rings. The summed E-state index contributed by atoms with van der Waals surface area (Å²) in [4.78, 5) is 10.7. The lowest BCUT2D eigenvalue weighted by Crippen LogP contribution is -2.22. The number of aromatic carboxylic acids is 1. The molecule has 2 aromatic rings. The predicted octanol–water partition coefficient (Wildman–Crippen LogP) is 0.859. The number of anilines is 1. The molecule has 0 saturated heterocycles. The third-order valence-electron chi connectivity index (χ3n) is 2.74. The fourth-order valence-corrected chi connectivity index (χ4v) is 2.70. The minimum Gasteiger partial charge on any atom is -0.545 e. The van der Waals surface area contributed by atoms with E-state index in [1.54, 1.807) is 0 Å². The molecule has 0 radical (unpaired) electrons. The second-order valence-corrected chi connectivity index (χ2v) is 5.83. The number of benzene rings is 2. The molecule has 0 spiro atoms. The summed E-state index contributed by atoms with van der Waals surface area (Å²) < 4.78 is 31.6. The Labute approximate surface area is 122 Å². The van der Waals surface area contributed by atoms with Crippen LogP contribution in [0.25, 0.3) is 0 Å². The van der Waals surface area contributed by atoms with Crippen molar-refractivity contribution < 1.29 is 23.1 Å². The molecule has 0 bridgehead atoms. The van der Waals surface area contributed by atoms with Gasteiger partial charge in [-0.05, 0) is 42.0 Å². The molecule has 0 amide bonds. The van der Waals surface area contributed by atoms with Crippen LogP contribution in [0.1, 0.15) is 10.4 Å². The first-order valence-corrected chi connectivity index (χ1v) is 7.39. The van der Waals surface area contributed by atoms with Crippen LogP contribution in [0.4, 0.5) is 5.69 Å². The number of carbonyl (C=O) groups excluding carboxylic acids is 1. The quantitative estimate of drug-likeness (QED) is 0.884. The highest BCUT2D eigenvalue weighted by molar-refractivity contribution is 7.92. The van der Waals surface area contributed by atoms with Crippen molar-refractivity contribution >= 4 is 21.7 Å². The monoisotopic (exact) mass is 306 g/mol. The Morgan fingerprint density at radius 1 is 1.05 bits per heavy atom. The fraction of sp³-hybridized carbons (Fsp3) is 0.0714. The van der Waals surface area contributed by atoms with E-state index in [1.807, 2.05) is 0 Å². The van der Waals surface area contributed by atoms with Gasteiger partial charge in [-0.25, -0.2) is 8.42 Å². The lowest BCUT2D eigenvalue weighted by molar-refractivity contribution is -0.255. The summed E-state index contributed by atoms with van der Waals surface area (Å²) in [5, 5.41) is 10.6. The van der Waals surface area contributed by atoms with Gasteiger partial charge in [0.1, 0.15) is 5.75 Å². The van der Waals surface area contributed by atoms with E-state index in [0.29, 0.717) is 5.75 Å². The molecule has 6 nitrogen and oxygen atoms in total. The summed E-state index contributed by atoms with van der Waals surface area (Å²) in [7, 11) is -2.25. The molecule has 0 aliphatic heterocycles. The molecular formula is C14H12NO5S-. The van der Waals surface area contributed by atoms with E-state index >= 15 is 0 Å². The Kier molecular flexibility index (Phi) is 4.13. The molecule has 2 rings (SSSR count). The Hall–Kier alpha value is -2.54. The first kappa shape index (κ1) is 14.9. The van der Waals surface area contributed by atoms with Crippen LogP contribution in [0.3, 0.4) is 0 Å². The maximum absolute atomic E-state index is 12.1. The molecule has 21 heavy (non-hydrogen) atoms. The van der Waals surface area contributed by atoms with Crippen molar-refractivity contribution in [2.75, 3.05) is 11.8 Å². The smallest absolute Gasteiger partial charge is 0.261 e. The van der Waals surface area contributed by atoms with Crippen molar-refractivity contribution in [3.05, 3.63) is 54.1 Å². The summed E-state index contributed by atoms with van der Waals surface area (Å²) in [5.74, 6) is -0.771. The summed E-state index contributed by atoms with van der Waals surface area (Å²) in [6, 6.07) is 11.1. The number of carbonyl (C=O) groups is 1. The molecule has 0 unspecified atom stereocenters. The van der Waals surface area contributed by atoms with E-state index in [0.717, 1.165) is 0 Å². The SMILES string of the molecule is COc1ccc(S(=O)(=O)Nc2ccc(C(=O)[O-])cc2)cc1. The lowest BCUT2D eigenvalue weighted by atomic mass is 10.2. The van der Waals surface area contributed by atoms with Crippen LogP contribution in [0.2, 0.25) is 0 Å². The number of rotatable bonds is 5. The third kappa shape index (κ3) is 3.51. The first-order chi connectivity index (χ1) is 9.92. The van der Waals surface area contributed by atoms with Crippen LogP contribution in [0, 0.1) is 0 Å². The second kappa shape index (κ2) is 5.84. The maximum Gasteiger partial charge on any atom is 0.261 e. The van der Waals surface area contributed by atoms with Gasteiger partial charge in [-0.2, -0.15) is 0 Å². The van der Waals surface area contributed by atoms with Crippen LogP contribution in [-0.4, -0.2) is 21.5 Å². The zero-order valence-corrected chi connectivity index (χ0v) is 11.9. The molecule has 0 saturated carbocycles. The van der Waals surface area contributed by atoms with Gasteiger partial charge in [0, 0.05) is 5.69 Å². The minimum atomic E-state index is -3.74. The van der Waals surface area contributed by atoms with Crippen molar-refractivity contribution in [3.8, 4) is 5.75 Å². The fourth-order valence-electron chi connectivity index (χ4n) is 1.64. The van der Waals surface area contributed by atoms with Crippen molar-refractivity contribution in [1.82, 2.24) is 0 Å². The molecule has 7 heteroatoms. The Balaban J connectivity index is 2.21. The number of hydrogen-bond donors (Lipinski definition) is 1. The molecule has 0 aliphatic carbocycles. The number of ether oxygens (including phenoxy) is 1. The number of carboxylic acids is 1. The van der Waals surface area contributed by atoms with Crippen LogP contribution in [0.15, 0.2) is 53.4 Å². The Bertz CT molecular complexity index is 736. The van der Waals surface area contributed by atoms with E-state index in [-0.39, 0.29) is 16.1 Å². The number of nitrogens with one attached hydrogen (secondary N) is 1. The average Bonchev–Trinajstić information content (AvgIpc) is 2.47. The van der Waals surface area contributed by atoms with Gasteiger partial charge in [-0.1, -0.05) is 12.1 Å². The summed E-state index contributed by atoms with van der Waals surface area (Å²) >= 11 is 0. The van der Waals surface area contributed by atoms with Crippen molar-refractivity contribution in [2.45, 2.75) is 4.90 Å².